The molecule has 1 aliphatic rings. The van der Waals surface area contributed by atoms with Crippen molar-refractivity contribution in [3.63, 3.8) is 0 Å². The van der Waals surface area contributed by atoms with E-state index in [0.717, 1.165) is 16.7 Å². The van der Waals surface area contributed by atoms with Gasteiger partial charge in [-0.2, -0.15) is 0 Å². The summed E-state index contributed by atoms with van der Waals surface area (Å²) < 4.78 is 11.1. The minimum atomic E-state index is -0.338. The minimum Gasteiger partial charge on any atom is -0.443 e. The van der Waals surface area contributed by atoms with E-state index in [1.165, 1.54) is 6.39 Å². The summed E-state index contributed by atoms with van der Waals surface area (Å²) in [4.78, 5) is 30.7. The molecule has 154 valence electrons. The summed E-state index contributed by atoms with van der Waals surface area (Å²) in [5, 5.41) is 2.85. The molecule has 2 aromatic carbocycles. The zero-order valence-electron chi connectivity index (χ0n) is 16.7. The van der Waals surface area contributed by atoms with Crippen molar-refractivity contribution in [2.24, 2.45) is 0 Å². The van der Waals surface area contributed by atoms with Crippen LogP contribution in [0.2, 0.25) is 0 Å². The van der Waals surface area contributed by atoms with E-state index in [-0.39, 0.29) is 36.8 Å². The molecule has 1 N–H and O–H groups in total. The Bertz CT molecular complexity index is 1030. The number of ether oxygens (including phenoxy) is 1. The first-order valence-electron chi connectivity index (χ1n) is 9.82. The van der Waals surface area contributed by atoms with Crippen molar-refractivity contribution < 1.29 is 18.7 Å². The van der Waals surface area contributed by atoms with E-state index in [0.29, 0.717) is 18.8 Å². The molecule has 0 aliphatic carbocycles. The third kappa shape index (κ3) is 4.58. The van der Waals surface area contributed by atoms with Gasteiger partial charge in [-0.15, -0.1) is 0 Å². The molecule has 1 atom stereocenters. The fourth-order valence-corrected chi connectivity index (χ4v) is 3.45. The average Bonchev–Trinajstić information content (AvgIpc) is 3.25. The van der Waals surface area contributed by atoms with Crippen molar-refractivity contribution in [2.45, 2.75) is 19.6 Å². The molecule has 1 aliphatic heterocycles. The topological polar surface area (TPSA) is 84.7 Å². The lowest BCUT2D eigenvalue weighted by atomic mass is 10.1. The van der Waals surface area contributed by atoms with E-state index < -0.39 is 0 Å². The van der Waals surface area contributed by atoms with Gasteiger partial charge in [0.25, 0.3) is 5.91 Å². The second kappa shape index (κ2) is 8.92. The highest BCUT2D eigenvalue weighted by Gasteiger charge is 2.27. The van der Waals surface area contributed by atoms with Crippen molar-refractivity contribution >= 4 is 11.8 Å². The number of morpholine rings is 1. The zero-order chi connectivity index (χ0) is 20.9. The standard InChI is InChI=1S/C23H23N3O4/c1-16-6-5-9-18(10-16)22-21(25-15-30-22)23(28)24-11-19-13-26(20(27)14-29-19)12-17-7-3-2-4-8-17/h2-10,15,19H,11-14H2,1H3,(H,24,28). The molecule has 0 bridgehead atoms. The van der Waals surface area contributed by atoms with Gasteiger partial charge in [-0.3, -0.25) is 9.59 Å². The highest BCUT2D eigenvalue weighted by molar-refractivity contribution is 5.97. The van der Waals surface area contributed by atoms with Crippen molar-refractivity contribution in [2.75, 3.05) is 19.7 Å². The molecule has 0 radical (unpaired) electrons. The molecule has 1 saturated heterocycles. The number of rotatable bonds is 6. The van der Waals surface area contributed by atoms with Crippen molar-refractivity contribution in [3.05, 3.63) is 77.8 Å². The lowest BCUT2D eigenvalue weighted by Crippen LogP contribution is -2.50. The van der Waals surface area contributed by atoms with Gasteiger partial charge in [-0.1, -0.05) is 54.1 Å². The first-order valence-corrected chi connectivity index (χ1v) is 9.82. The monoisotopic (exact) mass is 405 g/mol. The van der Waals surface area contributed by atoms with Gasteiger partial charge in [0.15, 0.2) is 17.8 Å². The Balaban J connectivity index is 1.37. The van der Waals surface area contributed by atoms with Crippen LogP contribution in [0.15, 0.2) is 65.4 Å². The predicted octanol–water partition coefficient (Wildman–Crippen LogP) is 2.81. The number of oxazole rings is 1. The molecular formula is C23H23N3O4. The van der Waals surface area contributed by atoms with Gasteiger partial charge in [0.2, 0.25) is 5.91 Å². The Morgan fingerprint density at radius 1 is 1.20 bits per heavy atom. The summed E-state index contributed by atoms with van der Waals surface area (Å²) >= 11 is 0. The van der Waals surface area contributed by atoms with E-state index in [1.54, 1.807) is 4.90 Å². The molecule has 0 spiro atoms. The molecular weight excluding hydrogens is 382 g/mol. The highest BCUT2D eigenvalue weighted by Crippen LogP contribution is 2.24. The number of benzene rings is 2. The number of hydrogen-bond acceptors (Lipinski definition) is 5. The fourth-order valence-electron chi connectivity index (χ4n) is 3.45. The molecule has 3 aromatic rings. The molecule has 0 saturated carbocycles. The van der Waals surface area contributed by atoms with E-state index in [9.17, 15) is 9.59 Å². The number of carbonyl (C=O) groups is 2. The predicted molar refractivity (Wildman–Crippen MR) is 111 cm³/mol. The molecule has 2 amide bonds. The van der Waals surface area contributed by atoms with Gasteiger partial charge < -0.3 is 19.4 Å². The van der Waals surface area contributed by atoms with Crippen LogP contribution < -0.4 is 5.32 Å². The zero-order valence-corrected chi connectivity index (χ0v) is 16.7. The van der Waals surface area contributed by atoms with Crippen LogP contribution >= 0.6 is 0 Å². The largest absolute Gasteiger partial charge is 0.443 e. The highest BCUT2D eigenvalue weighted by atomic mass is 16.5. The van der Waals surface area contributed by atoms with Crippen LogP contribution in [-0.4, -0.2) is 47.5 Å². The first-order chi connectivity index (χ1) is 14.6. The van der Waals surface area contributed by atoms with Crippen LogP contribution in [0.1, 0.15) is 21.6 Å². The first kappa shape index (κ1) is 19.8. The lowest BCUT2D eigenvalue weighted by molar-refractivity contribution is -0.149. The summed E-state index contributed by atoms with van der Waals surface area (Å²) in [6.07, 6.45) is 0.980. The third-order valence-corrected chi connectivity index (χ3v) is 4.99. The third-order valence-electron chi connectivity index (χ3n) is 4.99. The number of amides is 2. The second-order valence-electron chi connectivity index (χ2n) is 7.30. The molecule has 1 unspecified atom stereocenters. The summed E-state index contributed by atoms with van der Waals surface area (Å²) in [7, 11) is 0. The van der Waals surface area contributed by atoms with Gasteiger partial charge in [-0.25, -0.2) is 4.98 Å². The average molecular weight is 405 g/mol. The van der Waals surface area contributed by atoms with Crippen molar-refractivity contribution in [1.29, 1.82) is 0 Å². The normalized spacial score (nSPS) is 16.5. The summed E-state index contributed by atoms with van der Waals surface area (Å²) in [5.41, 5.74) is 3.15. The Morgan fingerprint density at radius 2 is 2.03 bits per heavy atom. The smallest absolute Gasteiger partial charge is 0.274 e. The SMILES string of the molecule is Cc1cccc(-c2ocnc2C(=O)NCC2CN(Cc3ccccc3)C(=O)CO2)c1. The summed E-state index contributed by atoms with van der Waals surface area (Å²) in [5.74, 6) is 0.0386. The Kier molecular flexibility index (Phi) is 5.90. The van der Waals surface area contributed by atoms with Crippen LogP contribution in [0, 0.1) is 6.92 Å². The lowest BCUT2D eigenvalue weighted by Gasteiger charge is -2.32. The minimum absolute atomic E-state index is 0.00583. The van der Waals surface area contributed by atoms with Gasteiger partial charge in [-0.05, 0) is 18.6 Å². The molecule has 30 heavy (non-hydrogen) atoms. The number of hydrogen-bond donors (Lipinski definition) is 1. The van der Waals surface area contributed by atoms with Crippen LogP contribution in [0.5, 0.6) is 0 Å². The van der Waals surface area contributed by atoms with Crippen LogP contribution in [0.25, 0.3) is 11.3 Å². The number of aromatic nitrogens is 1. The fraction of sp³-hybridized carbons (Fsp3) is 0.261. The molecule has 1 aromatic heterocycles. The van der Waals surface area contributed by atoms with E-state index >= 15 is 0 Å². The Morgan fingerprint density at radius 3 is 2.83 bits per heavy atom. The van der Waals surface area contributed by atoms with Crippen molar-refractivity contribution in [3.8, 4) is 11.3 Å². The molecule has 1 fully saturated rings. The number of aryl methyl sites for hydroxylation is 1. The number of carbonyl (C=O) groups excluding carboxylic acids is 2. The Hall–Kier alpha value is -3.45. The van der Waals surface area contributed by atoms with E-state index in [4.69, 9.17) is 9.15 Å². The maximum absolute atomic E-state index is 12.7. The quantitative estimate of drug-likeness (QED) is 0.682. The van der Waals surface area contributed by atoms with Gasteiger partial charge >= 0.3 is 0 Å². The molecule has 7 nitrogen and oxygen atoms in total. The summed E-state index contributed by atoms with van der Waals surface area (Å²) in [6.45, 7) is 3.19. The van der Waals surface area contributed by atoms with Crippen LogP contribution in [-0.2, 0) is 16.1 Å². The van der Waals surface area contributed by atoms with Gasteiger partial charge in [0.1, 0.15) is 6.61 Å². The maximum atomic E-state index is 12.7. The molecule has 4 rings (SSSR count). The van der Waals surface area contributed by atoms with E-state index in [2.05, 4.69) is 10.3 Å². The molecule has 2 heterocycles. The maximum Gasteiger partial charge on any atom is 0.274 e. The van der Waals surface area contributed by atoms with Crippen LogP contribution in [0.3, 0.4) is 0 Å². The van der Waals surface area contributed by atoms with E-state index in [1.807, 2.05) is 61.5 Å². The van der Waals surface area contributed by atoms with Crippen LogP contribution in [0.4, 0.5) is 0 Å². The molecule has 7 heteroatoms. The second-order valence-corrected chi connectivity index (χ2v) is 7.30. The van der Waals surface area contributed by atoms with Gasteiger partial charge in [0.05, 0.1) is 6.10 Å². The van der Waals surface area contributed by atoms with Crippen molar-refractivity contribution in [1.82, 2.24) is 15.2 Å². The number of nitrogens with one attached hydrogen (secondary N) is 1. The number of nitrogens with zero attached hydrogens (tertiary/aromatic N) is 2. The summed E-state index contributed by atoms with van der Waals surface area (Å²) in [6, 6.07) is 17.5. The van der Waals surface area contributed by atoms with Gasteiger partial charge in [0, 0.05) is 25.2 Å². The Labute approximate surface area is 174 Å².